The molecule has 0 spiro atoms. The van der Waals surface area contributed by atoms with Gasteiger partial charge in [0.2, 0.25) is 0 Å². The second-order valence-corrected chi connectivity index (χ2v) is 9.06. The van der Waals surface area contributed by atoms with Gasteiger partial charge in [-0.25, -0.2) is 4.98 Å². The molecule has 0 bridgehead atoms. The molecule has 5 heteroatoms. The van der Waals surface area contributed by atoms with Gasteiger partial charge in [0.15, 0.2) is 0 Å². The predicted octanol–water partition coefficient (Wildman–Crippen LogP) is 6.13. The summed E-state index contributed by atoms with van der Waals surface area (Å²) in [6.07, 6.45) is 9.14. The molecule has 0 atom stereocenters. The summed E-state index contributed by atoms with van der Waals surface area (Å²) in [6, 6.07) is 12.9. The van der Waals surface area contributed by atoms with Crippen molar-refractivity contribution in [3.63, 3.8) is 0 Å². The fourth-order valence-corrected chi connectivity index (χ4v) is 5.40. The first-order valence-corrected chi connectivity index (χ1v) is 11.2. The van der Waals surface area contributed by atoms with Crippen molar-refractivity contribution in [1.29, 1.82) is 0 Å². The quantitative estimate of drug-likeness (QED) is 0.414. The predicted molar refractivity (Wildman–Crippen MR) is 110 cm³/mol. The maximum Gasteiger partial charge on any atom is 0.303 e. The Kier molecular flexibility index (Phi) is 7.44. The number of benzene rings is 1. The third-order valence-corrected chi connectivity index (χ3v) is 7.02. The largest absolute Gasteiger partial charge is 0.481 e. The zero-order valence-electron chi connectivity index (χ0n) is 14.9. The maximum absolute atomic E-state index is 10.5. The highest BCUT2D eigenvalue weighted by Crippen LogP contribution is 2.38. The van der Waals surface area contributed by atoms with Crippen LogP contribution in [0.4, 0.5) is 0 Å². The van der Waals surface area contributed by atoms with Gasteiger partial charge in [-0.15, -0.1) is 23.5 Å². The third kappa shape index (κ3) is 5.78. The molecule has 1 aliphatic carbocycles. The number of carbonyl (C=O) groups is 1. The van der Waals surface area contributed by atoms with E-state index in [1.807, 2.05) is 24.0 Å². The highest BCUT2D eigenvalue weighted by atomic mass is 32.2. The standard InChI is InChI=1S/C21H25NO2S2/c23-20(24)9-3-4-15-25-17-12-10-16(11-13-17)19-8-5-14-22-21(19)26-18-6-1-2-7-18/h5,8,10-14,18H,1-4,6-7,9,15H2,(H,23,24). The van der Waals surface area contributed by atoms with Crippen molar-refractivity contribution in [3.8, 4) is 11.1 Å². The van der Waals surface area contributed by atoms with Crippen molar-refractivity contribution < 1.29 is 9.90 Å². The van der Waals surface area contributed by atoms with Gasteiger partial charge in [0.05, 0.1) is 0 Å². The van der Waals surface area contributed by atoms with Gasteiger partial charge in [-0.05, 0) is 55.2 Å². The lowest BCUT2D eigenvalue weighted by Crippen LogP contribution is -1.96. The van der Waals surface area contributed by atoms with Crippen LogP contribution in [0.25, 0.3) is 11.1 Å². The van der Waals surface area contributed by atoms with Gasteiger partial charge in [-0.1, -0.05) is 31.0 Å². The normalized spacial score (nSPS) is 14.6. The molecule has 0 amide bonds. The second kappa shape index (κ2) is 10.0. The first kappa shape index (κ1) is 19.3. The van der Waals surface area contributed by atoms with Crippen molar-refractivity contribution in [1.82, 2.24) is 4.98 Å². The maximum atomic E-state index is 10.5. The Balaban J connectivity index is 1.59. The lowest BCUT2D eigenvalue weighted by Gasteiger charge is -2.12. The van der Waals surface area contributed by atoms with Crippen LogP contribution in [0.2, 0.25) is 0 Å². The van der Waals surface area contributed by atoms with Crippen LogP contribution in [0.3, 0.4) is 0 Å². The number of rotatable bonds is 9. The highest BCUT2D eigenvalue weighted by Gasteiger charge is 2.18. The minimum Gasteiger partial charge on any atom is -0.481 e. The molecular weight excluding hydrogens is 362 g/mol. The van der Waals surface area contributed by atoms with Crippen LogP contribution in [-0.4, -0.2) is 27.1 Å². The van der Waals surface area contributed by atoms with E-state index in [4.69, 9.17) is 5.11 Å². The summed E-state index contributed by atoms with van der Waals surface area (Å²) in [7, 11) is 0. The zero-order valence-corrected chi connectivity index (χ0v) is 16.5. The summed E-state index contributed by atoms with van der Waals surface area (Å²) in [4.78, 5) is 16.4. The Labute approximate surface area is 164 Å². The number of unbranched alkanes of at least 4 members (excludes halogenated alkanes) is 1. The van der Waals surface area contributed by atoms with Crippen molar-refractivity contribution in [2.24, 2.45) is 0 Å². The molecule has 1 aliphatic rings. The lowest BCUT2D eigenvalue weighted by atomic mass is 10.1. The van der Waals surface area contributed by atoms with Crippen molar-refractivity contribution in [3.05, 3.63) is 42.6 Å². The number of hydrogen-bond donors (Lipinski definition) is 1. The van der Waals surface area contributed by atoms with Crippen LogP contribution in [0, 0.1) is 0 Å². The average molecular weight is 388 g/mol. The molecule has 1 heterocycles. The van der Waals surface area contributed by atoms with E-state index in [1.165, 1.54) is 41.7 Å². The van der Waals surface area contributed by atoms with Crippen LogP contribution in [0.15, 0.2) is 52.5 Å². The molecule has 1 aromatic heterocycles. The Morgan fingerprint density at radius 3 is 2.62 bits per heavy atom. The van der Waals surface area contributed by atoms with E-state index < -0.39 is 5.97 Å². The Morgan fingerprint density at radius 2 is 1.88 bits per heavy atom. The van der Waals surface area contributed by atoms with Crippen LogP contribution in [-0.2, 0) is 4.79 Å². The van der Waals surface area contributed by atoms with Crippen molar-refractivity contribution in [2.45, 2.75) is 60.1 Å². The molecule has 1 N–H and O–H groups in total. The van der Waals surface area contributed by atoms with E-state index in [2.05, 4.69) is 35.3 Å². The molecule has 26 heavy (non-hydrogen) atoms. The van der Waals surface area contributed by atoms with E-state index in [0.717, 1.165) is 23.6 Å². The molecule has 3 rings (SSSR count). The molecule has 138 valence electrons. The van der Waals surface area contributed by atoms with Gasteiger partial charge in [0.1, 0.15) is 5.03 Å². The van der Waals surface area contributed by atoms with Gasteiger partial charge in [0, 0.05) is 28.3 Å². The van der Waals surface area contributed by atoms with Gasteiger partial charge in [-0.3, -0.25) is 4.79 Å². The number of aromatic nitrogens is 1. The third-order valence-electron chi connectivity index (χ3n) is 4.57. The summed E-state index contributed by atoms with van der Waals surface area (Å²) in [6.45, 7) is 0. The monoisotopic (exact) mass is 387 g/mol. The van der Waals surface area contributed by atoms with Gasteiger partial charge < -0.3 is 5.11 Å². The minimum absolute atomic E-state index is 0.266. The summed E-state index contributed by atoms with van der Waals surface area (Å²) in [5.74, 6) is 0.254. The van der Waals surface area contributed by atoms with Crippen LogP contribution in [0.1, 0.15) is 44.9 Å². The lowest BCUT2D eigenvalue weighted by molar-refractivity contribution is -0.137. The minimum atomic E-state index is -0.706. The molecule has 3 nitrogen and oxygen atoms in total. The number of carboxylic acid groups (broad SMARTS) is 1. The molecular formula is C21H25NO2S2. The van der Waals surface area contributed by atoms with Crippen LogP contribution in [0.5, 0.6) is 0 Å². The number of hydrogen-bond acceptors (Lipinski definition) is 4. The van der Waals surface area contributed by atoms with Crippen LogP contribution < -0.4 is 0 Å². The van der Waals surface area contributed by atoms with Gasteiger partial charge >= 0.3 is 5.97 Å². The smallest absolute Gasteiger partial charge is 0.303 e. The first-order valence-electron chi connectivity index (χ1n) is 9.29. The molecule has 1 aromatic carbocycles. The van der Waals surface area contributed by atoms with E-state index in [-0.39, 0.29) is 6.42 Å². The zero-order chi connectivity index (χ0) is 18.2. The summed E-state index contributed by atoms with van der Waals surface area (Å²) < 4.78 is 0. The number of pyridine rings is 1. The molecule has 0 radical (unpaired) electrons. The number of aliphatic carboxylic acids is 1. The number of nitrogens with zero attached hydrogens (tertiary/aromatic N) is 1. The molecule has 2 aromatic rings. The number of carboxylic acids is 1. The molecule has 0 unspecified atom stereocenters. The van der Waals surface area contributed by atoms with Crippen molar-refractivity contribution >= 4 is 29.5 Å². The molecule has 0 saturated heterocycles. The Morgan fingerprint density at radius 1 is 1.12 bits per heavy atom. The molecule has 1 fully saturated rings. The fraction of sp³-hybridized carbons (Fsp3) is 0.429. The number of thioether (sulfide) groups is 2. The first-order chi connectivity index (χ1) is 12.7. The summed E-state index contributed by atoms with van der Waals surface area (Å²) >= 11 is 3.73. The SMILES string of the molecule is O=C(O)CCCCSc1ccc(-c2cccnc2SC2CCCC2)cc1. The van der Waals surface area contributed by atoms with E-state index >= 15 is 0 Å². The van der Waals surface area contributed by atoms with E-state index in [1.54, 1.807) is 11.8 Å². The van der Waals surface area contributed by atoms with Gasteiger partial charge in [0.25, 0.3) is 0 Å². The molecule has 1 saturated carbocycles. The average Bonchev–Trinajstić information content (AvgIpc) is 3.15. The van der Waals surface area contributed by atoms with E-state index in [9.17, 15) is 4.79 Å². The van der Waals surface area contributed by atoms with Crippen LogP contribution >= 0.6 is 23.5 Å². The summed E-state index contributed by atoms with van der Waals surface area (Å²) in [5.41, 5.74) is 2.44. The fourth-order valence-electron chi connectivity index (χ4n) is 3.17. The molecule has 0 aliphatic heterocycles. The van der Waals surface area contributed by atoms with E-state index in [0.29, 0.717) is 5.25 Å². The summed E-state index contributed by atoms with van der Waals surface area (Å²) in [5, 5.41) is 10.5. The van der Waals surface area contributed by atoms with Gasteiger partial charge in [-0.2, -0.15) is 0 Å². The van der Waals surface area contributed by atoms with Crippen molar-refractivity contribution in [2.75, 3.05) is 5.75 Å². The Bertz CT molecular complexity index is 712. The topological polar surface area (TPSA) is 50.2 Å². The second-order valence-electron chi connectivity index (χ2n) is 6.60. The highest BCUT2D eigenvalue weighted by molar-refractivity contribution is 8.00. The Hall–Kier alpha value is -1.46.